The largest absolute Gasteiger partial charge is 0.371 e. The number of rotatable bonds is 3. The molecule has 1 aliphatic heterocycles. The molecule has 1 aromatic rings. The minimum atomic E-state index is 0.0927. The first-order valence-corrected chi connectivity index (χ1v) is 7.71. The summed E-state index contributed by atoms with van der Waals surface area (Å²) in [5.41, 5.74) is 8.67. The van der Waals surface area contributed by atoms with E-state index < -0.39 is 0 Å². The second-order valence-electron chi connectivity index (χ2n) is 5.35. The summed E-state index contributed by atoms with van der Waals surface area (Å²) < 4.78 is 1.14. The first-order valence-electron chi connectivity index (χ1n) is 6.91. The van der Waals surface area contributed by atoms with Crippen LogP contribution in [-0.2, 0) is 0 Å². The maximum Gasteiger partial charge on any atom is 0.0425 e. The fraction of sp³-hybridized carbons (Fsp3) is 0.600. The molecule has 1 heterocycles. The van der Waals surface area contributed by atoms with Gasteiger partial charge in [0.05, 0.1) is 0 Å². The molecule has 1 saturated heterocycles. The monoisotopic (exact) mass is 310 g/mol. The maximum atomic E-state index is 6.10. The molecule has 100 valence electrons. The standard InChI is InChI=1S/C15H23BrN2/c1-3-12-5-4-8-18(10-12)15-9-13(16)6-7-14(15)11(2)17/h6-7,9,11-12H,3-5,8,10,17H2,1-2H3. The van der Waals surface area contributed by atoms with Crippen LogP contribution in [0.4, 0.5) is 5.69 Å². The number of anilines is 1. The summed E-state index contributed by atoms with van der Waals surface area (Å²) >= 11 is 3.58. The molecule has 2 nitrogen and oxygen atoms in total. The van der Waals surface area contributed by atoms with Crippen molar-refractivity contribution < 1.29 is 0 Å². The van der Waals surface area contributed by atoms with Gasteiger partial charge in [-0.15, -0.1) is 0 Å². The van der Waals surface area contributed by atoms with Crippen molar-refractivity contribution in [2.75, 3.05) is 18.0 Å². The molecular formula is C15H23BrN2. The van der Waals surface area contributed by atoms with Gasteiger partial charge in [-0.1, -0.05) is 35.3 Å². The SMILES string of the molecule is CCC1CCCN(c2cc(Br)ccc2C(C)N)C1. The van der Waals surface area contributed by atoms with Gasteiger partial charge in [0, 0.05) is 29.3 Å². The van der Waals surface area contributed by atoms with E-state index in [-0.39, 0.29) is 6.04 Å². The van der Waals surface area contributed by atoms with Crippen LogP contribution in [0.15, 0.2) is 22.7 Å². The first kappa shape index (κ1) is 13.9. The molecule has 2 N–H and O–H groups in total. The van der Waals surface area contributed by atoms with Crippen LogP contribution in [0.3, 0.4) is 0 Å². The number of piperidine rings is 1. The molecule has 1 fully saturated rings. The Labute approximate surface area is 119 Å². The summed E-state index contributed by atoms with van der Waals surface area (Å²) in [5, 5.41) is 0. The molecule has 2 atom stereocenters. The Hall–Kier alpha value is -0.540. The van der Waals surface area contributed by atoms with Crippen LogP contribution in [-0.4, -0.2) is 13.1 Å². The van der Waals surface area contributed by atoms with Crippen LogP contribution < -0.4 is 10.6 Å². The second kappa shape index (κ2) is 6.07. The molecule has 2 rings (SSSR count). The van der Waals surface area contributed by atoms with E-state index in [1.807, 2.05) is 0 Å². The lowest BCUT2D eigenvalue weighted by Crippen LogP contribution is -2.36. The number of hydrogen-bond donors (Lipinski definition) is 1. The first-order chi connectivity index (χ1) is 8.61. The number of halogens is 1. The Morgan fingerprint density at radius 3 is 2.94 bits per heavy atom. The van der Waals surface area contributed by atoms with Gasteiger partial charge in [-0.05, 0) is 43.4 Å². The summed E-state index contributed by atoms with van der Waals surface area (Å²) in [4.78, 5) is 2.51. The Kier molecular flexibility index (Phi) is 4.68. The van der Waals surface area contributed by atoms with Gasteiger partial charge in [-0.2, -0.15) is 0 Å². The van der Waals surface area contributed by atoms with Crippen LogP contribution in [0.25, 0.3) is 0 Å². The predicted molar refractivity (Wildman–Crippen MR) is 82.0 cm³/mol. The lowest BCUT2D eigenvalue weighted by atomic mass is 9.94. The van der Waals surface area contributed by atoms with Crippen molar-refractivity contribution in [3.8, 4) is 0 Å². The average molecular weight is 311 g/mol. The van der Waals surface area contributed by atoms with Crippen molar-refractivity contribution >= 4 is 21.6 Å². The zero-order valence-corrected chi connectivity index (χ0v) is 12.9. The molecular weight excluding hydrogens is 288 g/mol. The minimum Gasteiger partial charge on any atom is -0.371 e. The number of benzene rings is 1. The molecule has 0 radical (unpaired) electrons. The topological polar surface area (TPSA) is 29.3 Å². The van der Waals surface area contributed by atoms with E-state index in [9.17, 15) is 0 Å². The van der Waals surface area contributed by atoms with Crippen molar-refractivity contribution in [1.29, 1.82) is 0 Å². The van der Waals surface area contributed by atoms with E-state index in [2.05, 4.69) is 52.9 Å². The Balaban J connectivity index is 2.28. The fourth-order valence-corrected chi connectivity index (χ4v) is 3.14. The molecule has 0 saturated carbocycles. The highest BCUT2D eigenvalue weighted by atomic mass is 79.9. The molecule has 0 aliphatic carbocycles. The van der Waals surface area contributed by atoms with Gasteiger partial charge < -0.3 is 10.6 Å². The van der Waals surface area contributed by atoms with Gasteiger partial charge in [0.1, 0.15) is 0 Å². The third kappa shape index (κ3) is 3.07. The van der Waals surface area contributed by atoms with Crippen molar-refractivity contribution in [3.05, 3.63) is 28.2 Å². The molecule has 18 heavy (non-hydrogen) atoms. The number of nitrogens with zero attached hydrogens (tertiary/aromatic N) is 1. The molecule has 0 amide bonds. The zero-order valence-electron chi connectivity index (χ0n) is 11.3. The minimum absolute atomic E-state index is 0.0927. The molecule has 3 heteroatoms. The summed E-state index contributed by atoms with van der Waals surface area (Å²) in [6.45, 7) is 6.69. The fourth-order valence-electron chi connectivity index (χ4n) is 2.79. The Morgan fingerprint density at radius 1 is 1.50 bits per heavy atom. The molecule has 0 spiro atoms. The van der Waals surface area contributed by atoms with Crippen LogP contribution in [0.1, 0.15) is 44.7 Å². The van der Waals surface area contributed by atoms with Crippen molar-refractivity contribution in [2.45, 2.75) is 39.2 Å². The number of nitrogens with two attached hydrogens (primary N) is 1. The average Bonchev–Trinajstić information content (AvgIpc) is 2.38. The van der Waals surface area contributed by atoms with E-state index >= 15 is 0 Å². The highest BCUT2D eigenvalue weighted by Crippen LogP contribution is 2.32. The molecule has 1 aromatic carbocycles. The van der Waals surface area contributed by atoms with Gasteiger partial charge in [0.15, 0.2) is 0 Å². The second-order valence-corrected chi connectivity index (χ2v) is 6.27. The molecule has 0 aromatic heterocycles. The predicted octanol–water partition coefficient (Wildman–Crippen LogP) is 4.10. The highest BCUT2D eigenvalue weighted by Gasteiger charge is 2.21. The third-order valence-corrected chi connectivity index (χ3v) is 4.41. The summed E-state index contributed by atoms with van der Waals surface area (Å²) in [7, 11) is 0. The summed E-state index contributed by atoms with van der Waals surface area (Å²) in [6.07, 6.45) is 3.94. The normalized spacial score (nSPS) is 22.0. The van der Waals surface area contributed by atoms with Gasteiger partial charge in [0.25, 0.3) is 0 Å². The van der Waals surface area contributed by atoms with Gasteiger partial charge in [-0.3, -0.25) is 0 Å². The van der Waals surface area contributed by atoms with E-state index in [0.29, 0.717) is 0 Å². The van der Waals surface area contributed by atoms with E-state index in [1.165, 1.54) is 37.1 Å². The summed E-state index contributed by atoms with van der Waals surface area (Å²) in [6, 6.07) is 6.55. The van der Waals surface area contributed by atoms with Gasteiger partial charge in [0.2, 0.25) is 0 Å². The van der Waals surface area contributed by atoms with Gasteiger partial charge in [-0.25, -0.2) is 0 Å². The van der Waals surface area contributed by atoms with E-state index in [0.717, 1.165) is 16.9 Å². The zero-order chi connectivity index (χ0) is 13.1. The van der Waals surface area contributed by atoms with Crippen molar-refractivity contribution in [2.24, 2.45) is 11.7 Å². The quantitative estimate of drug-likeness (QED) is 0.911. The van der Waals surface area contributed by atoms with Gasteiger partial charge >= 0.3 is 0 Å². The maximum absolute atomic E-state index is 6.10. The molecule has 2 unspecified atom stereocenters. The van der Waals surface area contributed by atoms with Crippen molar-refractivity contribution in [1.82, 2.24) is 0 Å². The number of hydrogen-bond acceptors (Lipinski definition) is 2. The van der Waals surface area contributed by atoms with Crippen LogP contribution in [0, 0.1) is 5.92 Å². The molecule has 1 aliphatic rings. The molecule has 0 bridgehead atoms. The highest BCUT2D eigenvalue weighted by molar-refractivity contribution is 9.10. The van der Waals surface area contributed by atoms with Crippen LogP contribution >= 0.6 is 15.9 Å². The Morgan fingerprint density at radius 2 is 2.28 bits per heavy atom. The smallest absolute Gasteiger partial charge is 0.0425 e. The Bertz CT molecular complexity index is 403. The van der Waals surface area contributed by atoms with Crippen molar-refractivity contribution in [3.63, 3.8) is 0 Å². The van der Waals surface area contributed by atoms with E-state index in [1.54, 1.807) is 0 Å². The van der Waals surface area contributed by atoms with Crippen LogP contribution in [0.5, 0.6) is 0 Å². The lowest BCUT2D eigenvalue weighted by molar-refractivity contribution is 0.404. The van der Waals surface area contributed by atoms with Crippen LogP contribution in [0.2, 0.25) is 0 Å². The van der Waals surface area contributed by atoms with E-state index in [4.69, 9.17) is 5.73 Å². The lowest BCUT2D eigenvalue weighted by Gasteiger charge is -2.36. The summed E-state index contributed by atoms with van der Waals surface area (Å²) in [5.74, 6) is 0.832. The third-order valence-electron chi connectivity index (χ3n) is 3.92.